The summed E-state index contributed by atoms with van der Waals surface area (Å²) in [5.41, 5.74) is 0. The molecule has 0 saturated carbocycles. The first-order valence-electron chi connectivity index (χ1n) is 4.27. The number of rotatable bonds is 1. The van der Waals surface area contributed by atoms with E-state index < -0.39 is 12.0 Å². The van der Waals surface area contributed by atoms with Gasteiger partial charge in [0.05, 0.1) is 0 Å². The molecule has 1 aromatic heterocycles. The number of nitrogens with one attached hydrogen (secondary N) is 2. The Hall–Kier alpha value is -1.11. The zero-order valence-electron chi connectivity index (χ0n) is 7.23. The van der Waals surface area contributed by atoms with Gasteiger partial charge in [-0.3, -0.25) is 5.10 Å². The van der Waals surface area contributed by atoms with Gasteiger partial charge in [-0.1, -0.05) is 0 Å². The topological polar surface area (TPSA) is 53.6 Å². The average molecular weight is 206 g/mol. The molecule has 14 heavy (non-hydrogen) atoms. The van der Waals surface area contributed by atoms with Crippen LogP contribution in [0.15, 0.2) is 0 Å². The van der Waals surface area contributed by atoms with Crippen LogP contribution >= 0.6 is 0 Å². The first-order valence-corrected chi connectivity index (χ1v) is 4.27. The van der Waals surface area contributed by atoms with Crippen molar-refractivity contribution in [2.75, 3.05) is 13.1 Å². The lowest BCUT2D eigenvalue weighted by Crippen LogP contribution is -2.10. The number of aromatic nitrogens is 3. The van der Waals surface area contributed by atoms with Gasteiger partial charge >= 0.3 is 6.18 Å². The van der Waals surface area contributed by atoms with Crippen LogP contribution in [-0.4, -0.2) is 28.3 Å². The number of H-pyrrole nitrogens is 1. The molecule has 0 aromatic carbocycles. The molecule has 4 nitrogen and oxygen atoms in total. The minimum atomic E-state index is -4.46. The van der Waals surface area contributed by atoms with Gasteiger partial charge < -0.3 is 5.32 Å². The molecule has 0 amide bonds. The van der Waals surface area contributed by atoms with Gasteiger partial charge in [-0.25, -0.2) is 4.98 Å². The van der Waals surface area contributed by atoms with Gasteiger partial charge in [-0.05, 0) is 13.0 Å². The summed E-state index contributed by atoms with van der Waals surface area (Å²) in [6, 6.07) is 0. The first kappa shape index (κ1) is 9.45. The third-order valence-electron chi connectivity index (χ3n) is 2.20. The van der Waals surface area contributed by atoms with E-state index in [-0.39, 0.29) is 5.92 Å². The van der Waals surface area contributed by atoms with Gasteiger partial charge in [0.25, 0.3) is 5.82 Å². The summed E-state index contributed by atoms with van der Waals surface area (Å²) in [6.07, 6.45) is -3.66. The van der Waals surface area contributed by atoms with Gasteiger partial charge in [-0.15, -0.1) is 5.10 Å². The van der Waals surface area contributed by atoms with Crippen molar-refractivity contribution >= 4 is 0 Å². The zero-order valence-corrected chi connectivity index (χ0v) is 7.23. The summed E-state index contributed by atoms with van der Waals surface area (Å²) < 4.78 is 36.4. The van der Waals surface area contributed by atoms with Gasteiger partial charge in [0.15, 0.2) is 0 Å². The van der Waals surface area contributed by atoms with Gasteiger partial charge in [-0.2, -0.15) is 13.2 Å². The van der Waals surface area contributed by atoms with Gasteiger partial charge in [0.1, 0.15) is 5.82 Å². The number of halogens is 3. The molecule has 78 valence electrons. The van der Waals surface area contributed by atoms with Crippen LogP contribution in [0.3, 0.4) is 0 Å². The molecule has 1 aromatic rings. The van der Waals surface area contributed by atoms with E-state index in [4.69, 9.17) is 0 Å². The lowest BCUT2D eigenvalue weighted by molar-refractivity contribution is -0.144. The molecular formula is C7H9F3N4. The molecule has 2 heterocycles. The van der Waals surface area contributed by atoms with Crippen LogP contribution in [0.4, 0.5) is 13.2 Å². The summed E-state index contributed by atoms with van der Waals surface area (Å²) >= 11 is 0. The van der Waals surface area contributed by atoms with Crippen LogP contribution in [0.25, 0.3) is 0 Å². The molecule has 2 rings (SSSR count). The summed E-state index contributed by atoms with van der Waals surface area (Å²) in [5, 5.41) is 8.53. The third-order valence-corrected chi connectivity index (χ3v) is 2.20. The SMILES string of the molecule is FC(F)(F)c1n[nH]c(C2CCNC2)n1. The second kappa shape index (κ2) is 3.23. The van der Waals surface area contributed by atoms with Crippen LogP contribution in [0, 0.1) is 0 Å². The smallest absolute Gasteiger partial charge is 0.316 e. The summed E-state index contributed by atoms with van der Waals surface area (Å²) in [4.78, 5) is 3.43. The van der Waals surface area contributed by atoms with Crippen molar-refractivity contribution in [2.45, 2.75) is 18.5 Å². The molecule has 0 radical (unpaired) electrons. The molecule has 0 aliphatic carbocycles. The molecule has 1 atom stereocenters. The molecule has 7 heteroatoms. The summed E-state index contributed by atoms with van der Waals surface area (Å²) in [6.45, 7) is 1.47. The molecule has 2 N–H and O–H groups in total. The third kappa shape index (κ3) is 1.72. The Balaban J connectivity index is 2.17. The van der Waals surface area contributed by atoms with Crippen molar-refractivity contribution < 1.29 is 13.2 Å². The fraction of sp³-hybridized carbons (Fsp3) is 0.714. The van der Waals surface area contributed by atoms with E-state index >= 15 is 0 Å². The quantitative estimate of drug-likeness (QED) is 0.717. The molecule has 1 aliphatic heterocycles. The molecule has 0 bridgehead atoms. The number of nitrogens with zero attached hydrogens (tertiary/aromatic N) is 2. The fourth-order valence-corrected chi connectivity index (χ4v) is 1.47. The highest BCUT2D eigenvalue weighted by Gasteiger charge is 2.36. The van der Waals surface area contributed by atoms with Crippen molar-refractivity contribution in [1.82, 2.24) is 20.5 Å². The van der Waals surface area contributed by atoms with E-state index in [0.717, 1.165) is 13.0 Å². The monoisotopic (exact) mass is 206 g/mol. The van der Waals surface area contributed by atoms with E-state index in [0.29, 0.717) is 12.4 Å². The molecular weight excluding hydrogens is 197 g/mol. The number of hydrogen-bond acceptors (Lipinski definition) is 3. The fourth-order valence-electron chi connectivity index (χ4n) is 1.47. The normalized spacial score (nSPS) is 22.9. The average Bonchev–Trinajstić information content (AvgIpc) is 2.73. The Morgan fingerprint density at radius 2 is 2.14 bits per heavy atom. The Kier molecular flexibility index (Phi) is 2.18. The maximum atomic E-state index is 12.1. The van der Waals surface area contributed by atoms with Gasteiger partial charge in [0, 0.05) is 12.5 Å². The van der Waals surface area contributed by atoms with E-state index in [2.05, 4.69) is 20.5 Å². The predicted octanol–water partition coefficient (Wildman–Crippen LogP) is 0.900. The Labute approximate surface area is 77.9 Å². The van der Waals surface area contributed by atoms with Crippen LogP contribution < -0.4 is 5.32 Å². The first-order chi connectivity index (χ1) is 6.57. The van der Waals surface area contributed by atoms with Crippen molar-refractivity contribution in [3.63, 3.8) is 0 Å². The summed E-state index contributed by atoms with van der Waals surface area (Å²) in [5.74, 6) is -0.736. The van der Waals surface area contributed by atoms with Crippen LogP contribution in [0.5, 0.6) is 0 Å². The van der Waals surface area contributed by atoms with E-state index in [1.807, 2.05) is 0 Å². The highest BCUT2D eigenvalue weighted by atomic mass is 19.4. The van der Waals surface area contributed by atoms with Crippen LogP contribution in [-0.2, 0) is 6.18 Å². The standard InChI is InChI=1S/C7H9F3N4/c8-7(9,10)6-12-5(13-14-6)4-1-2-11-3-4/h4,11H,1-3H2,(H,12,13,14). The lowest BCUT2D eigenvalue weighted by atomic mass is 10.1. The Morgan fingerprint density at radius 1 is 1.36 bits per heavy atom. The van der Waals surface area contributed by atoms with Crippen molar-refractivity contribution in [1.29, 1.82) is 0 Å². The molecule has 1 aliphatic rings. The highest BCUT2D eigenvalue weighted by Crippen LogP contribution is 2.27. The zero-order chi connectivity index (χ0) is 10.2. The molecule has 0 spiro atoms. The van der Waals surface area contributed by atoms with E-state index in [1.54, 1.807) is 0 Å². The Morgan fingerprint density at radius 3 is 2.64 bits per heavy atom. The lowest BCUT2D eigenvalue weighted by Gasteiger charge is -2.01. The molecule has 1 saturated heterocycles. The molecule has 1 unspecified atom stereocenters. The number of hydrogen-bond donors (Lipinski definition) is 2. The van der Waals surface area contributed by atoms with E-state index in [1.165, 1.54) is 0 Å². The highest BCUT2D eigenvalue weighted by molar-refractivity contribution is 5.02. The maximum Gasteiger partial charge on any atom is 0.453 e. The van der Waals surface area contributed by atoms with Crippen LogP contribution in [0.2, 0.25) is 0 Å². The number of alkyl halides is 3. The van der Waals surface area contributed by atoms with Crippen molar-refractivity contribution in [3.8, 4) is 0 Å². The maximum absolute atomic E-state index is 12.1. The molecule has 1 fully saturated rings. The van der Waals surface area contributed by atoms with E-state index in [9.17, 15) is 13.2 Å². The van der Waals surface area contributed by atoms with Crippen LogP contribution in [0.1, 0.15) is 24.0 Å². The minimum absolute atomic E-state index is 0.0265. The minimum Gasteiger partial charge on any atom is -0.316 e. The number of aromatic amines is 1. The van der Waals surface area contributed by atoms with Gasteiger partial charge in [0.2, 0.25) is 0 Å². The largest absolute Gasteiger partial charge is 0.453 e. The van der Waals surface area contributed by atoms with Crippen molar-refractivity contribution in [3.05, 3.63) is 11.6 Å². The second-order valence-electron chi connectivity index (χ2n) is 3.23. The summed E-state index contributed by atoms with van der Waals surface area (Å²) in [7, 11) is 0. The van der Waals surface area contributed by atoms with Crippen molar-refractivity contribution in [2.24, 2.45) is 0 Å². The predicted molar refractivity (Wildman–Crippen MR) is 41.6 cm³/mol. The second-order valence-corrected chi connectivity index (χ2v) is 3.23. The Bertz CT molecular complexity index is 313.